The minimum Gasteiger partial charge on any atom is -0.395 e. The van der Waals surface area contributed by atoms with Crippen LogP contribution in [-0.2, 0) is 0 Å². The van der Waals surface area contributed by atoms with Crippen LogP contribution in [0.4, 0.5) is 5.82 Å². The van der Waals surface area contributed by atoms with E-state index in [0.29, 0.717) is 0 Å². The van der Waals surface area contributed by atoms with Crippen LogP contribution in [0.15, 0.2) is 18.3 Å². The van der Waals surface area contributed by atoms with Crippen LogP contribution < -0.4 is 10.6 Å². The number of aliphatic hydroxyl groups excluding tert-OH is 1. The van der Waals surface area contributed by atoms with Crippen LogP contribution in [0.25, 0.3) is 0 Å². The Morgan fingerprint density at radius 1 is 1.32 bits per heavy atom. The zero-order valence-electron chi connectivity index (χ0n) is 11.6. The van der Waals surface area contributed by atoms with Crippen molar-refractivity contribution in [2.24, 2.45) is 5.73 Å². The first-order chi connectivity index (χ1) is 9.20. The molecular weight excluding hydrogens is 240 g/mol. The van der Waals surface area contributed by atoms with Crippen molar-refractivity contribution >= 4 is 5.82 Å². The molecule has 3 N–H and O–H groups in total. The molecule has 0 aromatic carbocycles. The standard InChI is InChI=1S/C14H24N4O/c1-12(15)13-3-4-14(16-11-13)18-6-2-5-17(7-8-18)9-10-19/h3-4,11-12,19H,2,5-10,15H2,1H3/t12-/m1/s1. The maximum atomic E-state index is 9.00. The van der Waals surface area contributed by atoms with Crippen LogP contribution in [0.1, 0.15) is 24.9 Å². The summed E-state index contributed by atoms with van der Waals surface area (Å²) >= 11 is 0. The molecule has 19 heavy (non-hydrogen) atoms. The van der Waals surface area contributed by atoms with E-state index in [1.807, 2.05) is 13.1 Å². The van der Waals surface area contributed by atoms with E-state index in [1.54, 1.807) is 0 Å². The highest BCUT2D eigenvalue weighted by atomic mass is 16.3. The number of nitrogens with two attached hydrogens (primary N) is 1. The van der Waals surface area contributed by atoms with Gasteiger partial charge in [-0.3, -0.25) is 4.90 Å². The Labute approximate surface area is 115 Å². The quantitative estimate of drug-likeness (QED) is 0.834. The molecule has 0 spiro atoms. The summed E-state index contributed by atoms with van der Waals surface area (Å²) in [7, 11) is 0. The lowest BCUT2D eigenvalue weighted by Crippen LogP contribution is -2.32. The van der Waals surface area contributed by atoms with E-state index in [2.05, 4.69) is 26.9 Å². The summed E-state index contributed by atoms with van der Waals surface area (Å²) in [6, 6.07) is 4.15. The van der Waals surface area contributed by atoms with Crippen molar-refractivity contribution in [2.75, 3.05) is 44.2 Å². The molecule has 5 heteroatoms. The maximum Gasteiger partial charge on any atom is 0.128 e. The summed E-state index contributed by atoms with van der Waals surface area (Å²) in [5.74, 6) is 1.02. The average molecular weight is 264 g/mol. The molecule has 1 saturated heterocycles. The molecule has 106 valence electrons. The normalized spacial score (nSPS) is 19.2. The van der Waals surface area contributed by atoms with E-state index in [-0.39, 0.29) is 12.6 Å². The molecule has 0 aliphatic carbocycles. The fourth-order valence-corrected chi connectivity index (χ4v) is 2.42. The van der Waals surface area contributed by atoms with Gasteiger partial charge < -0.3 is 15.7 Å². The van der Waals surface area contributed by atoms with Crippen LogP contribution in [0.5, 0.6) is 0 Å². The third kappa shape index (κ3) is 3.89. The van der Waals surface area contributed by atoms with E-state index in [9.17, 15) is 0 Å². The van der Waals surface area contributed by atoms with E-state index >= 15 is 0 Å². The maximum absolute atomic E-state index is 9.00. The van der Waals surface area contributed by atoms with Gasteiger partial charge in [0.05, 0.1) is 6.61 Å². The predicted octanol–water partition coefficient (Wildman–Crippen LogP) is 0.606. The summed E-state index contributed by atoms with van der Waals surface area (Å²) in [6.07, 6.45) is 2.98. The fraction of sp³-hybridized carbons (Fsp3) is 0.643. The lowest BCUT2D eigenvalue weighted by molar-refractivity contribution is 0.204. The molecule has 1 aliphatic heterocycles. The van der Waals surface area contributed by atoms with E-state index in [4.69, 9.17) is 10.8 Å². The number of rotatable bonds is 4. The summed E-state index contributed by atoms with van der Waals surface area (Å²) in [5, 5.41) is 9.00. The average Bonchev–Trinajstić information content (AvgIpc) is 2.65. The summed E-state index contributed by atoms with van der Waals surface area (Å²) in [5.41, 5.74) is 6.90. The van der Waals surface area contributed by atoms with Crippen molar-refractivity contribution < 1.29 is 5.11 Å². The highest BCUT2D eigenvalue weighted by molar-refractivity contribution is 5.40. The van der Waals surface area contributed by atoms with Gasteiger partial charge in [0.15, 0.2) is 0 Å². The highest BCUT2D eigenvalue weighted by Gasteiger charge is 2.15. The van der Waals surface area contributed by atoms with Gasteiger partial charge in [0.1, 0.15) is 5.82 Å². The Morgan fingerprint density at radius 3 is 2.79 bits per heavy atom. The fourth-order valence-electron chi connectivity index (χ4n) is 2.42. The van der Waals surface area contributed by atoms with Gasteiger partial charge in [-0.05, 0) is 31.5 Å². The minimum absolute atomic E-state index is 0.0331. The Morgan fingerprint density at radius 2 is 2.16 bits per heavy atom. The SMILES string of the molecule is C[C@@H](N)c1ccc(N2CCCN(CCO)CC2)nc1. The molecule has 1 aromatic rings. The van der Waals surface area contributed by atoms with Crippen LogP contribution in [0, 0.1) is 0 Å². The lowest BCUT2D eigenvalue weighted by atomic mass is 10.1. The number of β-amino-alcohol motifs (C(OH)–C–C–N with tert-alkyl or cyclic N) is 1. The second kappa shape index (κ2) is 6.84. The molecule has 0 bridgehead atoms. The Hall–Kier alpha value is -1.17. The van der Waals surface area contributed by atoms with Crippen molar-refractivity contribution in [3.8, 4) is 0 Å². The van der Waals surface area contributed by atoms with Gasteiger partial charge in [-0.25, -0.2) is 4.98 Å². The Kier molecular flexibility index (Phi) is 5.13. The van der Waals surface area contributed by atoms with Crippen LogP contribution in [0.2, 0.25) is 0 Å². The topological polar surface area (TPSA) is 65.6 Å². The summed E-state index contributed by atoms with van der Waals surface area (Å²) in [4.78, 5) is 9.12. The molecule has 2 heterocycles. The van der Waals surface area contributed by atoms with Crippen molar-refractivity contribution in [2.45, 2.75) is 19.4 Å². The van der Waals surface area contributed by atoms with Gasteiger partial charge in [0.2, 0.25) is 0 Å². The Bertz CT molecular complexity index is 380. The van der Waals surface area contributed by atoms with Gasteiger partial charge in [-0.2, -0.15) is 0 Å². The van der Waals surface area contributed by atoms with Gasteiger partial charge in [0, 0.05) is 38.4 Å². The molecule has 1 aliphatic rings. The molecular formula is C14H24N4O. The zero-order valence-corrected chi connectivity index (χ0v) is 11.6. The highest BCUT2D eigenvalue weighted by Crippen LogP contribution is 2.16. The van der Waals surface area contributed by atoms with Crippen molar-refractivity contribution in [1.82, 2.24) is 9.88 Å². The van der Waals surface area contributed by atoms with Gasteiger partial charge in [0.25, 0.3) is 0 Å². The second-order valence-electron chi connectivity index (χ2n) is 5.14. The van der Waals surface area contributed by atoms with Gasteiger partial charge in [-0.15, -0.1) is 0 Å². The molecule has 0 saturated carbocycles. The molecule has 1 fully saturated rings. The monoisotopic (exact) mass is 264 g/mol. The number of hydrogen-bond acceptors (Lipinski definition) is 5. The van der Waals surface area contributed by atoms with Crippen LogP contribution in [-0.4, -0.2) is 54.3 Å². The molecule has 1 aromatic heterocycles. The second-order valence-corrected chi connectivity index (χ2v) is 5.14. The molecule has 2 rings (SSSR count). The Balaban J connectivity index is 1.97. The molecule has 1 atom stereocenters. The molecule has 0 unspecified atom stereocenters. The van der Waals surface area contributed by atoms with Gasteiger partial charge in [-0.1, -0.05) is 6.07 Å². The smallest absolute Gasteiger partial charge is 0.128 e. The third-order valence-electron chi connectivity index (χ3n) is 3.63. The predicted molar refractivity (Wildman–Crippen MR) is 77.2 cm³/mol. The van der Waals surface area contributed by atoms with Crippen molar-refractivity contribution in [3.63, 3.8) is 0 Å². The molecule has 0 radical (unpaired) electrons. The molecule has 5 nitrogen and oxygen atoms in total. The lowest BCUT2D eigenvalue weighted by Gasteiger charge is -2.22. The zero-order chi connectivity index (χ0) is 13.7. The van der Waals surface area contributed by atoms with Crippen LogP contribution >= 0.6 is 0 Å². The first-order valence-electron chi connectivity index (χ1n) is 7.00. The summed E-state index contributed by atoms with van der Waals surface area (Å²) < 4.78 is 0. The number of aliphatic hydroxyl groups is 1. The minimum atomic E-state index is 0.0331. The van der Waals surface area contributed by atoms with E-state index in [1.165, 1.54) is 0 Å². The first kappa shape index (κ1) is 14.2. The van der Waals surface area contributed by atoms with Crippen molar-refractivity contribution in [1.29, 1.82) is 0 Å². The van der Waals surface area contributed by atoms with Gasteiger partial charge >= 0.3 is 0 Å². The number of pyridine rings is 1. The largest absolute Gasteiger partial charge is 0.395 e. The summed E-state index contributed by atoms with van der Waals surface area (Å²) in [6.45, 7) is 6.99. The number of nitrogens with zero attached hydrogens (tertiary/aromatic N) is 3. The number of anilines is 1. The van der Waals surface area contributed by atoms with E-state index in [0.717, 1.165) is 50.5 Å². The van der Waals surface area contributed by atoms with E-state index < -0.39 is 0 Å². The third-order valence-corrected chi connectivity index (χ3v) is 3.63. The first-order valence-corrected chi connectivity index (χ1v) is 7.00. The van der Waals surface area contributed by atoms with Crippen molar-refractivity contribution in [3.05, 3.63) is 23.9 Å². The number of hydrogen-bond donors (Lipinski definition) is 2. The number of aromatic nitrogens is 1. The molecule has 0 amide bonds. The van der Waals surface area contributed by atoms with Crippen LogP contribution in [0.3, 0.4) is 0 Å².